The topological polar surface area (TPSA) is 24.1 Å². The molecule has 3 aromatic carbocycles. The SMILES string of the molecule is C=C(Nc1ccc(CCNCCc2ccccc2)cc1)C(C)c1ccccc1. The molecule has 1 atom stereocenters. The van der Waals surface area contributed by atoms with Crippen molar-refractivity contribution < 1.29 is 0 Å². The molecule has 0 spiro atoms. The van der Waals surface area contributed by atoms with E-state index in [1.165, 1.54) is 16.7 Å². The van der Waals surface area contributed by atoms with Crippen LogP contribution in [-0.2, 0) is 12.8 Å². The summed E-state index contributed by atoms with van der Waals surface area (Å²) in [4.78, 5) is 0. The molecule has 0 bridgehead atoms. The fourth-order valence-electron chi connectivity index (χ4n) is 3.23. The maximum atomic E-state index is 4.22. The van der Waals surface area contributed by atoms with Gasteiger partial charge in [0, 0.05) is 17.3 Å². The molecule has 0 heterocycles. The number of hydrogen-bond donors (Lipinski definition) is 2. The lowest BCUT2D eigenvalue weighted by atomic mass is 9.98. The first-order chi connectivity index (χ1) is 13.7. The van der Waals surface area contributed by atoms with E-state index in [2.05, 4.69) is 103 Å². The molecule has 0 amide bonds. The maximum Gasteiger partial charge on any atom is 0.0381 e. The second kappa shape index (κ2) is 10.5. The first-order valence-electron chi connectivity index (χ1n) is 10.1. The Labute approximate surface area is 169 Å². The van der Waals surface area contributed by atoms with Crippen molar-refractivity contribution in [2.45, 2.75) is 25.7 Å². The first kappa shape index (κ1) is 19.9. The van der Waals surface area contributed by atoms with E-state index < -0.39 is 0 Å². The minimum Gasteiger partial charge on any atom is -0.359 e. The van der Waals surface area contributed by atoms with Gasteiger partial charge in [0.25, 0.3) is 0 Å². The second-order valence-electron chi connectivity index (χ2n) is 7.22. The Morgan fingerprint density at radius 3 is 1.89 bits per heavy atom. The van der Waals surface area contributed by atoms with Crippen LogP contribution in [0.15, 0.2) is 97.2 Å². The number of hydrogen-bond acceptors (Lipinski definition) is 2. The molecule has 0 aromatic heterocycles. The molecule has 0 saturated heterocycles. The lowest BCUT2D eigenvalue weighted by Crippen LogP contribution is -2.20. The van der Waals surface area contributed by atoms with Crippen LogP contribution < -0.4 is 10.6 Å². The Bertz CT molecular complexity index is 839. The number of benzene rings is 3. The van der Waals surface area contributed by atoms with Gasteiger partial charge in [0.05, 0.1) is 0 Å². The molecule has 1 unspecified atom stereocenters. The first-order valence-corrected chi connectivity index (χ1v) is 10.1. The standard InChI is InChI=1S/C26H30N2/c1-21(25-11-7-4-8-12-25)22(2)28-26-15-13-24(14-16-26)18-20-27-19-17-23-9-5-3-6-10-23/h3-16,21,27-28H,2,17-20H2,1H3. The van der Waals surface area contributed by atoms with Crippen molar-refractivity contribution in [3.63, 3.8) is 0 Å². The van der Waals surface area contributed by atoms with Gasteiger partial charge in [0.2, 0.25) is 0 Å². The van der Waals surface area contributed by atoms with Crippen LogP contribution in [0.2, 0.25) is 0 Å². The van der Waals surface area contributed by atoms with Crippen molar-refractivity contribution in [2.24, 2.45) is 0 Å². The average Bonchev–Trinajstić information content (AvgIpc) is 2.75. The third-order valence-electron chi connectivity index (χ3n) is 5.10. The van der Waals surface area contributed by atoms with Crippen molar-refractivity contribution in [1.82, 2.24) is 5.32 Å². The molecule has 3 rings (SSSR count). The summed E-state index contributed by atoms with van der Waals surface area (Å²) in [6, 6.07) is 29.8. The van der Waals surface area contributed by atoms with Gasteiger partial charge in [-0.3, -0.25) is 0 Å². The molecule has 3 aromatic rings. The molecular formula is C26H30N2. The fourth-order valence-corrected chi connectivity index (χ4v) is 3.23. The molecule has 28 heavy (non-hydrogen) atoms. The quantitative estimate of drug-likeness (QED) is 0.441. The number of anilines is 1. The Balaban J connectivity index is 1.40. The molecule has 0 saturated carbocycles. The second-order valence-corrected chi connectivity index (χ2v) is 7.22. The zero-order chi connectivity index (χ0) is 19.6. The van der Waals surface area contributed by atoms with Gasteiger partial charge in [-0.1, -0.05) is 86.3 Å². The van der Waals surface area contributed by atoms with Gasteiger partial charge in [-0.15, -0.1) is 0 Å². The van der Waals surface area contributed by atoms with Crippen LogP contribution in [0.1, 0.15) is 29.5 Å². The Morgan fingerprint density at radius 2 is 1.29 bits per heavy atom. The lowest BCUT2D eigenvalue weighted by Gasteiger charge is -2.17. The summed E-state index contributed by atoms with van der Waals surface area (Å²) in [5.74, 6) is 0.273. The Morgan fingerprint density at radius 1 is 0.750 bits per heavy atom. The Hall–Kier alpha value is -2.84. The zero-order valence-corrected chi connectivity index (χ0v) is 16.7. The van der Waals surface area contributed by atoms with E-state index >= 15 is 0 Å². The van der Waals surface area contributed by atoms with E-state index in [0.717, 1.165) is 37.3 Å². The Kier molecular flexibility index (Phi) is 7.45. The van der Waals surface area contributed by atoms with E-state index in [0.29, 0.717) is 0 Å². The smallest absolute Gasteiger partial charge is 0.0381 e. The zero-order valence-electron chi connectivity index (χ0n) is 16.7. The normalized spacial score (nSPS) is 11.8. The summed E-state index contributed by atoms with van der Waals surface area (Å²) >= 11 is 0. The van der Waals surface area contributed by atoms with Gasteiger partial charge >= 0.3 is 0 Å². The number of rotatable bonds is 10. The molecule has 0 aliphatic heterocycles. The van der Waals surface area contributed by atoms with Crippen LogP contribution in [-0.4, -0.2) is 13.1 Å². The summed E-state index contributed by atoms with van der Waals surface area (Å²) in [5, 5.41) is 6.98. The number of allylic oxidation sites excluding steroid dienone is 1. The monoisotopic (exact) mass is 370 g/mol. The van der Waals surface area contributed by atoms with Crippen LogP contribution in [0.25, 0.3) is 0 Å². The summed E-state index contributed by atoms with van der Waals surface area (Å²) < 4.78 is 0. The highest BCUT2D eigenvalue weighted by atomic mass is 14.9. The van der Waals surface area contributed by atoms with Gasteiger partial charge in [-0.2, -0.15) is 0 Å². The third kappa shape index (κ3) is 6.11. The van der Waals surface area contributed by atoms with E-state index in [4.69, 9.17) is 0 Å². The summed E-state index contributed by atoms with van der Waals surface area (Å²) in [6.45, 7) is 8.42. The molecule has 144 valence electrons. The van der Waals surface area contributed by atoms with Crippen LogP contribution >= 0.6 is 0 Å². The number of nitrogens with one attached hydrogen (secondary N) is 2. The largest absolute Gasteiger partial charge is 0.359 e. The highest BCUT2D eigenvalue weighted by Gasteiger charge is 2.09. The van der Waals surface area contributed by atoms with Crippen LogP contribution in [0.5, 0.6) is 0 Å². The summed E-state index contributed by atoms with van der Waals surface area (Å²) in [5.41, 5.74) is 6.11. The molecule has 0 radical (unpaired) electrons. The lowest BCUT2D eigenvalue weighted by molar-refractivity contribution is 0.682. The van der Waals surface area contributed by atoms with Crippen LogP contribution in [0.4, 0.5) is 5.69 Å². The van der Waals surface area contributed by atoms with Gasteiger partial charge < -0.3 is 10.6 Å². The van der Waals surface area contributed by atoms with Crippen LogP contribution in [0.3, 0.4) is 0 Å². The van der Waals surface area contributed by atoms with E-state index in [1.54, 1.807) is 0 Å². The average molecular weight is 371 g/mol. The van der Waals surface area contributed by atoms with E-state index in [1.807, 2.05) is 6.07 Å². The summed E-state index contributed by atoms with van der Waals surface area (Å²) in [7, 11) is 0. The van der Waals surface area contributed by atoms with Gasteiger partial charge in [0.15, 0.2) is 0 Å². The fraction of sp³-hybridized carbons (Fsp3) is 0.231. The van der Waals surface area contributed by atoms with Crippen LogP contribution in [0, 0.1) is 0 Å². The van der Waals surface area contributed by atoms with E-state index in [-0.39, 0.29) is 5.92 Å². The predicted octanol–water partition coefficient (Wildman–Crippen LogP) is 5.79. The van der Waals surface area contributed by atoms with Crippen molar-refractivity contribution in [1.29, 1.82) is 0 Å². The van der Waals surface area contributed by atoms with Gasteiger partial charge in [0.1, 0.15) is 0 Å². The predicted molar refractivity (Wildman–Crippen MR) is 121 cm³/mol. The van der Waals surface area contributed by atoms with Gasteiger partial charge in [-0.05, 0) is 54.8 Å². The van der Waals surface area contributed by atoms with Crippen molar-refractivity contribution in [2.75, 3.05) is 18.4 Å². The minimum atomic E-state index is 0.273. The molecule has 2 heteroatoms. The van der Waals surface area contributed by atoms with Crippen molar-refractivity contribution >= 4 is 5.69 Å². The molecule has 2 nitrogen and oxygen atoms in total. The maximum absolute atomic E-state index is 4.22. The van der Waals surface area contributed by atoms with Crippen molar-refractivity contribution in [3.8, 4) is 0 Å². The highest BCUT2D eigenvalue weighted by molar-refractivity contribution is 5.50. The van der Waals surface area contributed by atoms with E-state index in [9.17, 15) is 0 Å². The molecule has 0 aliphatic rings. The highest BCUT2D eigenvalue weighted by Crippen LogP contribution is 2.24. The van der Waals surface area contributed by atoms with Crippen molar-refractivity contribution in [3.05, 3.63) is 114 Å². The molecular weight excluding hydrogens is 340 g/mol. The molecule has 0 aliphatic carbocycles. The minimum absolute atomic E-state index is 0.273. The molecule has 2 N–H and O–H groups in total. The summed E-state index contributed by atoms with van der Waals surface area (Å²) in [6.07, 6.45) is 2.11. The molecule has 0 fully saturated rings. The van der Waals surface area contributed by atoms with Gasteiger partial charge in [-0.25, -0.2) is 0 Å². The third-order valence-corrected chi connectivity index (χ3v) is 5.10.